The highest BCUT2D eigenvalue weighted by atomic mass is 16.5. The van der Waals surface area contributed by atoms with Crippen LogP contribution in [0.15, 0.2) is 78.2 Å². The molecule has 0 aliphatic rings. The smallest absolute Gasteiger partial charge is 0.338 e. The second-order valence-corrected chi connectivity index (χ2v) is 6.55. The van der Waals surface area contributed by atoms with Gasteiger partial charge in [-0.2, -0.15) is 5.10 Å². The van der Waals surface area contributed by atoms with Crippen LogP contribution < -0.4 is 10.7 Å². The van der Waals surface area contributed by atoms with Crippen molar-refractivity contribution in [2.24, 2.45) is 5.10 Å². The molecule has 8 heteroatoms. The first kappa shape index (κ1) is 21.4. The number of amides is 2. The maximum Gasteiger partial charge on any atom is 0.338 e. The minimum atomic E-state index is -0.618. The van der Waals surface area contributed by atoms with Crippen molar-refractivity contribution in [3.05, 3.63) is 95.3 Å². The summed E-state index contributed by atoms with van der Waals surface area (Å²) in [5.41, 5.74) is 5.45. The van der Waals surface area contributed by atoms with Crippen LogP contribution in [0, 0.1) is 6.92 Å². The second-order valence-electron chi connectivity index (χ2n) is 6.55. The molecule has 0 saturated carbocycles. The van der Waals surface area contributed by atoms with Gasteiger partial charge in [-0.1, -0.05) is 29.8 Å². The van der Waals surface area contributed by atoms with E-state index in [1.165, 1.54) is 12.4 Å². The van der Waals surface area contributed by atoms with E-state index in [4.69, 9.17) is 4.74 Å². The maximum absolute atomic E-state index is 12.1. The molecular formula is C23H20N4O4. The fraction of sp³-hybridized carbons (Fsp3) is 0.0870. The van der Waals surface area contributed by atoms with E-state index in [0.717, 1.165) is 5.56 Å². The Balaban J connectivity index is 1.46. The van der Waals surface area contributed by atoms with Crippen LogP contribution in [0.25, 0.3) is 0 Å². The standard InChI is InChI=1S/C23H20N4O4/c1-16-4-10-20(11-5-16)26-21(28)15-31-23(30)18-8-6-17(7-9-18)13-25-27-22(29)19-3-2-12-24-14-19/h2-14H,15H2,1H3,(H,26,28)(H,27,29). The number of ether oxygens (including phenoxy) is 1. The largest absolute Gasteiger partial charge is 0.452 e. The molecule has 2 N–H and O–H groups in total. The van der Waals surface area contributed by atoms with Gasteiger partial charge in [0.2, 0.25) is 0 Å². The molecule has 1 heterocycles. The van der Waals surface area contributed by atoms with Crippen LogP contribution in [0.3, 0.4) is 0 Å². The van der Waals surface area contributed by atoms with Crippen molar-refractivity contribution in [2.45, 2.75) is 6.92 Å². The van der Waals surface area contributed by atoms with Crippen molar-refractivity contribution in [1.29, 1.82) is 0 Å². The van der Waals surface area contributed by atoms with Crippen molar-refractivity contribution < 1.29 is 19.1 Å². The summed E-state index contributed by atoms with van der Waals surface area (Å²) < 4.78 is 5.04. The van der Waals surface area contributed by atoms with Crippen molar-refractivity contribution in [2.75, 3.05) is 11.9 Å². The zero-order valence-corrected chi connectivity index (χ0v) is 16.7. The van der Waals surface area contributed by atoms with E-state index in [2.05, 4.69) is 20.8 Å². The van der Waals surface area contributed by atoms with Crippen molar-refractivity contribution >= 4 is 29.7 Å². The zero-order chi connectivity index (χ0) is 22.1. The molecule has 0 spiro atoms. The zero-order valence-electron chi connectivity index (χ0n) is 16.7. The number of aryl methyl sites for hydroxylation is 1. The summed E-state index contributed by atoms with van der Waals surface area (Å²) >= 11 is 0. The Hall–Kier alpha value is -4.33. The summed E-state index contributed by atoms with van der Waals surface area (Å²) in [6.07, 6.45) is 4.45. The Bertz CT molecular complexity index is 1080. The van der Waals surface area contributed by atoms with Gasteiger partial charge in [-0.25, -0.2) is 10.2 Å². The average molecular weight is 416 g/mol. The highest BCUT2D eigenvalue weighted by Crippen LogP contribution is 2.09. The Morgan fingerprint density at radius 3 is 2.42 bits per heavy atom. The third kappa shape index (κ3) is 6.60. The molecule has 0 radical (unpaired) electrons. The highest BCUT2D eigenvalue weighted by Gasteiger charge is 2.10. The molecule has 3 aromatic rings. The van der Waals surface area contributed by atoms with Crippen LogP contribution in [0.2, 0.25) is 0 Å². The number of anilines is 1. The van der Waals surface area contributed by atoms with Crippen LogP contribution in [0.1, 0.15) is 31.8 Å². The molecule has 0 aliphatic carbocycles. The van der Waals surface area contributed by atoms with Gasteiger partial charge in [0.05, 0.1) is 17.3 Å². The fourth-order valence-corrected chi connectivity index (χ4v) is 2.48. The van der Waals surface area contributed by atoms with E-state index in [9.17, 15) is 14.4 Å². The number of benzene rings is 2. The number of carbonyl (C=O) groups is 3. The average Bonchev–Trinajstić information content (AvgIpc) is 2.80. The molecule has 2 amide bonds. The van der Waals surface area contributed by atoms with Crippen LogP contribution in [-0.2, 0) is 9.53 Å². The number of nitrogens with one attached hydrogen (secondary N) is 2. The third-order valence-electron chi connectivity index (χ3n) is 4.12. The van der Waals surface area contributed by atoms with Gasteiger partial charge in [0.15, 0.2) is 6.61 Å². The first-order valence-electron chi connectivity index (χ1n) is 9.38. The monoisotopic (exact) mass is 416 g/mol. The molecule has 156 valence electrons. The van der Waals surface area contributed by atoms with E-state index < -0.39 is 18.5 Å². The van der Waals surface area contributed by atoms with Gasteiger partial charge in [-0.3, -0.25) is 14.6 Å². The van der Waals surface area contributed by atoms with Crippen LogP contribution in [0.5, 0.6) is 0 Å². The predicted molar refractivity (Wildman–Crippen MR) is 116 cm³/mol. The number of hydrogen-bond acceptors (Lipinski definition) is 6. The van der Waals surface area contributed by atoms with Crippen molar-refractivity contribution in [1.82, 2.24) is 10.4 Å². The molecule has 0 atom stereocenters. The van der Waals surface area contributed by atoms with Crippen LogP contribution >= 0.6 is 0 Å². The van der Waals surface area contributed by atoms with E-state index >= 15 is 0 Å². The molecule has 1 aromatic heterocycles. The summed E-state index contributed by atoms with van der Waals surface area (Å²) in [6, 6.07) is 16.9. The fourth-order valence-electron chi connectivity index (χ4n) is 2.48. The molecule has 0 unspecified atom stereocenters. The molecule has 3 rings (SSSR count). The van der Waals surface area contributed by atoms with E-state index in [0.29, 0.717) is 22.4 Å². The highest BCUT2D eigenvalue weighted by molar-refractivity contribution is 5.96. The molecule has 0 fully saturated rings. The lowest BCUT2D eigenvalue weighted by Gasteiger charge is -2.07. The van der Waals surface area contributed by atoms with Gasteiger partial charge in [0.1, 0.15) is 0 Å². The van der Waals surface area contributed by atoms with Gasteiger partial charge in [0.25, 0.3) is 11.8 Å². The summed E-state index contributed by atoms with van der Waals surface area (Å²) in [5, 5.41) is 6.53. The minimum absolute atomic E-state index is 0.291. The van der Waals surface area contributed by atoms with Crippen molar-refractivity contribution in [3.8, 4) is 0 Å². The lowest BCUT2D eigenvalue weighted by molar-refractivity contribution is -0.119. The molecule has 0 saturated heterocycles. The maximum atomic E-state index is 12.1. The lowest BCUT2D eigenvalue weighted by atomic mass is 10.1. The number of nitrogens with zero attached hydrogens (tertiary/aromatic N) is 2. The number of esters is 1. The van der Waals surface area contributed by atoms with Gasteiger partial charge in [-0.15, -0.1) is 0 Å². The van der Waals surface area contributed by atoms with E-state index in [1.807, 2.05) is 19.1 Å². The number of aromatic nitrogens is 1. The third-order valence-corrected chi connectivity index (χ3v) is 4.12. The summed E-state index contributed by atoms with van der Waals surface area (Å²) in [5.74, 6) is -1.42. The van der Waals surface area contributed by atoms with Crippen molar-refractivity contribution in [3.63, 3.8) is 0 Å². The predicted octanol–water partition coefficient (Wildman–Crippen LogP) is 2.95. The Morgan fingerprint density at radius 1 is 1.00 bits per heavy atom. The SMILES string of the molecule is Cc1ccc(NC(=O)COC(=O)c2ccc(C=NNC(=O)c3cccnc3)cc2)cc1. The first-order valence-corrected chi connectivity index (χ1v) is 9.38. The Kier molecular flexibility index (Phi) is 7.21. The second kappa shape index (κ2) is 10.4. The summed E-state index contributed by atoms with van der Waals surface area (Å²) in [7, 11) is 0. The molecule has 2 aromatic carbocycles. The first-order chi connectivity index (χ1) is 15.0. The normalized spacial score (nSPS) is 10.5. The van der Waals surface area contributed by atoms with Gasteiger partial charge < -0.3 is 10.1 Å². The van der Waals surface area contributed by atoms with Crippen LogP contribution in [-0.4, -0.2) is 35.6 Å². The summed E-state index contributed by atoms with van der Waals surface area (Å²) in [6.45, 7) is 1.55. The number of hydrazone groups is 1. The Labute approximate surface area is 179 Å². The quantitative estimate of drug-likeness (QED) is 0.350. The number of carbonyl (C=O) groups excluding carboxylic acids is 3. The molecule has 31 heavy (non-hydrogen) atoms. The summed E-state index contributed by atoms with van der Waals surface area (Å²) in [4.78, 5) is 39.8. The lowest BCUT2D eigenvalue weighted by Crippen LogP contribution is -2.20. The minimum Gasteiger partial charge on any atom is -0.452 e. The molecule has 0 bridgehead atoms. The van der Waals surface area contributed by atoms with E-state index in [1.54, 1.807) is 54.7 Å². The number of pyridine rings is 1. The molecule has 8 nitrogen and oxygen atoms in total. The molecule has 0 aliphatic heterocycles. The Morgan fingerprint density at radius 2 is 1.74 bits per heavy atom. The topological polar surface area (TPSA) is 110 Å². The number of rotatable bonds is 7. The number of hydrogen-bond donors (Lipinski definition) is 2. The van der Waals surface area contributed by atoms with Crippen LogP contribution in [0.4, 0.5) is 5.69 Å². The van der Waals surface area contributed by atoms with E-state index in [-0.39, 0.29) is 5.91 Å². The van der Waals surface area contributed by atoms with Gasteiger partial charge >= 0.3 is 5.97 Å². The van der Waals surface area contributed by atoms with Gasteiger partial charge in [0, 0.05) is 18.1 Å². The molecular weight excluding hydrogens is 396 g/mol. The van der Waals surface area contributed by atoms with Gasteiger partial charge in [-0.05, 0) is 48.9 Å².